The minimum Gasteiger partial charge on any atom is -0.0985 e. The number of halogens is 1. The van der Waals surface area contributed by atoms with E-state index in [0.29, 0.717) is 3.92 Å². The molecule has 0 saturated heterocycles. The average Bonchev–Trinajstić information content (AvgIpc) is 2.19. The predicted octanol–water partition coefficient (Wildman–Crippen LogP) is 4.91. The molecule has 0 heterocycles. The Hall–Kier alpha value is -0.310. The molecule has 0 aliphatic carbocycles. The Balaban J connectivity index is 2.99. The van der Waals surface area contributed by atoms with Crippen LogP contribution in [-0.2, 0) is 0 Å². The average molecular weight is 300 g/mol. The number of hydrogen-bond acceptors (Lipinski definition) is 0. The molecule has 76 valence electrons. The van der Waals surface area contributed by atoms with E-state index in [1.807, 2.05) is 6.08 Å². The minimum atomic E-state index is 0.637. The molecular formula is C13H17I. The molecule has 0 radical (unpaired) electrons. The van der Waals surface area contributed by atoms with Crippen molar-refractivity contribution in [3.05, 3.63) is 41.5 Å². The second-order valence-electron chi connectivity index (χ2n) is 3.58. The third-order valence-electron chi connectivity index (χ3n) is 2.42. The fourth-order valence-electron chi connectivity index (χ4n) is 1.53. The Morgan fingerprint density at radius 1 is 1.50 bits per heavy atom. The van der Waals surface area contributed by atoms with Gasteiger partial charge in [-0.15, -0.1) is 0 Å². The van der Waals surface area contributed by atoms with Crippen LogP contribution in [0.15, 0.2) is 24.8 Å². The molecule has 0 fully saturated rings. The SMILES string of the molecule is C=Cc1ccc(C)c(C(I)CCC)c1. The first kappa shape index (κ1) is 11.8. The van der Waals surface area contributed by atoms with Gasteiger partial charge in [0.05, 0.1) is 0 Å². The van der Waals surface area contributed by atoms with Crippen molar-refractivity contribution in [2.75, 3.05) is 0 Å². The quantitative estimate of drug-likeness (QED) is 0.547. The van der Waals surface area contributed by atoms with Crippen LogP contribution >= 0.6 is 22.6 Å². The topological polar surface area (TPSA) is 0 Å². The minimum absolute atomic E-state index is 0.637. The van der Waals surface area contributed by atoms with Crippen LogP contribution in [0.5, 0.6) is 0 Å². The lowest BCUT2D eigenvalue weighted by Crippen LogP contribution is -1.93. The van der Waals surface area contributed by atoms with E-state index in [-0.39, 0.29) is 0 Å². The van der Waals surface area contributed by atoms with Crippen molar-refractivity contribution in [1.29, 1.82) is 0 Å². The zero-order chi connectivity index (χ0) is 10.6. The first-order valence-corrected chi connectivity index (χ1v) is 6.30. The van der Waals surface area contributed by atoms with E-state index < -0.39 is 0 Å². The number of benzene rings is 1. The predicted molar refractivity (Wildman–Crippen MR) is 72.9 cm³/mol. The highest BCUT2D eigenvalue weighted by Gasteiger charge is 2.08. The third kappa shape index (κ3) is 2.84. The summed E-state index contributed by atoms with van der Waals surface area (Å²) in [6.45, 7) is 8.22. The van der Waals surface area contributed by atoms with Gasteiger partial charge in [0.15, 0.2) is 0 Å². The van der Waals surface area contributed by atoms with Gasteiger partial charge in [0, 0.05) is 3.92 Å². The molecule has 0 aliphatic heterocycles. The van der Waals surface area contributed by atoms with Gasteiger partial charge in [0.1, 0.15) is 0 Å². The smallest absolute Gasteiger partial charge is 0.0362 e. The summed E-state index contributed by atoms with van der Waals surface area (Å²) in [5.41, 5.74) is 4.08. The molecule has 14 heavy (non-hydrogen) atoms. The third-order valence-corrected chi connectivity index (χ3v) is 3.71. The van der Waals surface area contributed by atoms with Gasteiger partial charge in [0.25, 0.3) is 0 Å². The molecule has 0 saturated carbocycles. The Bertz CT molecular complexity index is 315. The Morgan fingerprint density at radius 2 is 2.21 bits per heavy atom. The number of rotatable bonds is 4. The second kappa shape index (κ2) is 5.54. The Labute approximate surface area is 101 Å². The zero-order valence-electron chi connectivity index (χ0n) is 8.89. The van der Waals surface area contributed by atoms with E-state index in [2.05, 4.69) is 61.2 Å². The van der Waals surface area contributed by atoms with Crippen LogP contribution in [0, 0.1) is 6.92 Å². The maximum absolute atomic E-state index is 3.80. The van der Waals surface area contributed by atoms with E-state index in [1.165, 1.54) is 29.5 Å². The first-order valence-electron chi connectivity index (χ1n) is 5.06. The van der Waals surface area contributed by atoms with Crippen molar-refractivity contribution in [1.82, 2.24) is 0 Å². The van der Waals surface area contributed by atoms with E-state index in [1.54, 1.807) is 0 Å². The molecule has 1 unspecified atom stereocenters. The number of hydrogen-bond donors (Lipinski definition) is 0. The summed E-state index contributed by atoms with van der Waals surface area (Å²) in [4.78, 5) is 0. The van der Waals surface area contributed by atoms with Crippen LogP contribution in [-0.4, -0.2) is 0 Å². The Morgan fingerprint density at radius 3 is 2.79 bits per heavy atom. The molecule has 0 aliphatic rings. The highest BCUT2D eigenvalue weighted by atomic mass is 127. The molecule has 0 amide bonds. The lowest BCUT2D eigenvalue weighted by atomic mass is 10.0. The van der Waals surface area contributed by atoms with Crippen LogP contribution in [0.1, 0.15) is 40.4 Å². The summed E-state index contributed by atoms with van der Waals surface area (Å²) in [7, 11) is 0. The highest BCUT2D eigenvalue weighted by molar-refractivity contribution is 14.1. The molecule has 0 bridgehead atoms. The maximum Gasteiger partial charge on any atom is 0.0362 e. The van der Waals surface area contributed by atoms with Gasteiger partial charge >= 0.3 is 0 Å². The Kier molecular flexibility index (Phi) is 4.66. The fourth-order valence-corrected chi connectivity index (χ4v) is 2.83. The lowest BCUT2D eigenvalue weighted by Gasteiger charge is -2.12. The van der Waals surface area contributed by atoms with Crippen LogP contribution in [0.3, 0.4) is 0 Å². The molecule has 1 atom stereocenters. The van der Waals surface area contributed by atoms with Gasteiger partial charge in [-0.05, 0) is 30.0 Å². The molecule has 0 spiro atoms. The molecule has 1 aromatic rings. The standard InChI is InChI=1S/C13H17I/c1-4-6-13(14)12-9-11(5-2)8-7-10(12)3/h5,7-9,13H,2,4,6H2,1,3H3. The molecule has 1 heteroatoms. The normalized spacial score (nSPS) is 12.5. The van der Waals surface area contributed by atoms with Crippen LogP contribution in [0.4, 0.5) is 0 Å². The van der Waals surface area contributed by atoms with Crippen molar-refractivity contribution >= 4 is 28.7 Å². The summed E-state index contributed by atoms with van der Waals surface area (Å²) >= 11 is 2.53. The van der Waals surface area contributed by atoms with Gasteiger partial charge < -0.3 is 0 Å². The van der Waals surface area contributed by atoms with Crippen LogP contribution < -0.4 is 0 Å². The maximum atomic E-state index is 3.80. The summed E-state index contributed by atoms with van der Waals surface area (Å²) in [5, 5.41) is 0. The molecular weight excluding hydrogens is 283 g/mol. The van der Waals surface area contributed by atoms with E-state index in [9.17, 15) is 0 Å². The van der Waals surface area contributed by atoms with Crippen LogP contribution in [0.25, 0.3) is 6.08 Å². The van der Waals surface area contributed by atoms with Crippen molar-refractivity contribution in [2.24, 2.45) is 0 Å². The largest absolute Gasteiger partial charge is 0.0985 e. The summed E-state index contributed by atoms with van der Waals surface area (Å²) in [6.07, 6.45) is 4.41. The van der Waals surface area contributed by atoms with E-state index in [0.717, 1.165) is 0 Å². The molecule has 0 aromatic heterocycles. The summed E-state index contributed by atoms with van der Waals surface area (Å²) < 4.78 is 0.637. The number of alkyl halides is 1. The van der Waals surface area contributed by atoms with Crippen molar-refractivity contribution in [3.63, 3.8) is 0 Å². The first-order chi connectivity index (χ1) is 6.69. The van der Waals surface area contributed by atoms with Crippen molar-refractivity contribution in [2.45, 2.75) is 30.6 Å². The zero-order valence-corrected chi connectivity index (χ0v) is 11.0. The van der Waals surface area contributed by atoms with Gasteiger partial charge in [-0.2, -0.15) is 0 Å². The van der Waals surface area contributed by atoms with Crippen molar-refractivity contribution < 1.29 is 0 Å². The van der Waals surface area contributed by atoms with Gasteiger partial charge in [-0.1, -0.05) is 66.8 Å². The van der Waals surface area contributed by atoms with Crippen molar-refractivity contribution in [3.8, 4) is 0 Å². The van der Waals surface area contributed by atoms with Gasteiger partial charge in [-0.25, -0.2) is 0 Å². The molecule has 1 aromatic carbocycles. The van der Waals surface area contributed by atoms with Crippen LogP contribution in [0.2, 0.25) is 0 Å². The molecule has 0 nitrogen and oxygen atoms in total. The summed E-state index contributed by atoms with van der Waals surface area (Å²) in [6, 6.07) is 6.57. The van der Waals surface area contributed by atoms with Gasteiger partial charge in [-0.3, -0.25) is 0 Å². The fraction of sp³-hybridized carbons (Fsp3) is 0.385. The van der Waals surface area contributed by atoms with E-state index >= 15 is 0 Å². The van der Waals surface area contributed by atoms with Gasteiger partial charge in [0.2, 0.25) is 0 Å². The van der Waals surface area contributed by atoms with E-state index in [4.69, 9.17) is 0 Å². The second-order valence-corrected chi connectivity index (χ2v) is 5.08. The lowest BCUT2D eigenvalue weighted by molar-refractivity contribution is 0.795. The molecule has 1 rings (SSSR count). The summed E-state index contributed by atoms with van der Waals surface area (Å²) in [5.74, 6) is 0. The molecule has 0 N–H and O–H groups in total. The number of aryl methyl sites for hydroxylation is 1. The monoisotopic (exact) mass is 300 g/mol. The highest BCUT2D eigenvalue weighted by Crippen LogP contribution is 2.31.